The minimum atomic E-state index is -1.06. The number of ether oxygens (including phenoxy) is 6. The molecule has 8 atom stereocenters. The average Bonchev–Trinajstić information content (AvgIpc) is 3.84. The molecule has 0 radical (unpaired) electrons. The molecule has 67 heavy (non-hydrogen) atoms. The molecule has 5 aromatic carbocycles. The van der Waals surface area contributed by atoms with Crippen LogP contribution in [0.4, 0.5) is 0 Å². The summed E-state index contributed by atoms with van der Waals surface area (Å²) >= 11 is 0. The number of hydrogen-bond donors (Lipinski definition) is 6. The van der Waals surface area contributed by atoms with Crippen molar-refractivity contribution in [3.8, 4) is 63.2 Å². The Kier molecular flexibility index (Phi) is 13.2. The molecule has 0 spiro atoms. The van der Waals surface area contributed by atoms with Crippen LogP contribution in [0.25, 0.3) is 21.9 Å². The lowest BCUT2D eigenvalue weighted by atomic mass is 9.72. The van der Waals surface area contributed by atoms with Crippen molar-refractivity contribution in [3.63, 3.8) is 0 Å². The largest absolute Gasteiger partial charge is 0.508 e. The maximum atomic E-state index is 13.1. The normalized spacial score (nSPS) is 25.5. The van der Waals surface area contributed by atoms with E-state index in [9.17, 15) is 25.5 Å². The van der Waals surface area contributed by atoms with Crippen LogP contribution in [0.5, 0.6) is 40.2 Å². The van der Waals surface area contributed by atoms with E-state index in [1.807, 2.05) is 36.4 Å². The van der Waals surface area contributed by atoms with Crippen LogP contribution in [0.1, 0.15) is 79.4 Å². The molecule has 1 fully saturated rings. The van der Waals surface area contributed by atoms with Gasteiger partial charge in [0.1, 0.15) is 53.0 Å². The van der Waals surface area contributed by atoms with E-state index in [0.717, 1.165) is 58.9 Å². The molecule has 4 aliphatic heterocycles. The van der Waals surface area contributed by atoms with Gasteiger partial charge in [-0.3, -0.25) is 0 Å². The van der Waals surface area contributed by atoms with Crippen LogP contribution >= 0.6 is 0 Å². The van der Waals surface area contributed by atoms with Gasteiger partial charge in [0.15, 0.2) is 0 Å². The van der Waals surface area contributed by atoms with Crippen LogP contribution in [-0.4, -0.2) is 90.0 Å². The molecule has 0 unspecified atom stereocenters. The third-order valence-corrected chi connectivity index (χ3v) is 14.2. The summed E-state index contributed by atoms with van der Waals surface area (Å²) in [5.74, 6) is 7.97. The number of aliphatic hydroxyl groups excluding tert-OH is 2. The summed E-state index contributed by atoms with van der Waals surface area (Å²) in [6.45, 7) is 1.24. The van der Waals surface area contributed by atoms with Gasteiger partial charge < -0.3 is 59.3 Å². The van der Waals surface area contributed by atoms with Gasteiger partial charge >= 0.3 is 0 Å². The molecule has 0 amide bonds. The second kappa shape index (κ2) is 19.7. The van der Waals surface area contributed by atoms with Crippen molar-refractivity contribution in [2.24, 2.45) is 17.8 Å². The summed E-state index contributed by atoms with van der Waals surface area (Å²) in [5, 5.41) is 60.7. The third kappa shape index (κ3) is 9.24. The van der Waals surface area contributed by atoms with Crippen molar-refractivity contribution < 1.29 is 54.0 Å². The molecule has 4 heterocycles. The number of fused-ring (bicyclic) bond motifs is 6. The fourth-order valence-corrected chi connectivity index (χ4v) is 11.1. The molecule has 5 aliphatic rings. The van der Waals surface area contributed by atoms with Crippen molar-refractivity contribution in [3.05, 3.63) is 113 Å². The standard InChI is InChI=1S/C55H59NO11/c1-62-22-7-14-47-50(55-45-30-49(43-28-38(60)16-18-42(43)54(45)66-47)63-23-6-10-32-9-5-20-56-51(32)48(67-55)19-21-57)46-31-64-53-35(27-40(29-44(53)52(46)61)65-39-12-2-3-13-39)24-34-26-37(59)15-17-41(34)33-8-4-11-36(58)25-33/h4-5,8-9,11,15-18,25-30,32,39,46-48,50-52,55-61H,2-3,7,12-14,19-24,31H2,1H3/t32-,46+,47-,48+,50+,51+,52+,55-/m0/s1. The smallest absolute Gasteiger partial charge is 0.149 e. The Bertz CT molecular complexity index is 2680. The monoisotopic (exact) mass is 909 g/mol. The van der Waals surface area contributed by atoms with E-state index in [2.05, 4.69) is 29.3 Å². The van der Waals surface area contributed by atoms with Crippen LogP contribution in [0.2, 0.25) is 0 Å². The lowest BCUT2D eigenvalue weighted by molar-refractivity contribution is -0.143. The van der Waals surface area contributed by atoms with Crippen molar-refractivity contribution in [2.75, 3.05) is 40.1 Å². The summed E-state index contributed by atoms with van der Waals surface area (Å²) < 4.78 is 40.4. The molecule has 1 saturated carbocycles. The van der Waals surface area contributed by atoms with Crippen LogP contribution in [0, 0.1) is 29.6 Å². The molecule has 6 N–H and O–H groups in total. The molecular formula is C55H59NO11. The van der Waals surface area contributed by atoms with Gasteiger partial charge in [-0.25, -0.2) is 0 Å². The van der Waals surface area contributed by atoms with Gasteiger partial charge in [-0.1, -0.05) is 42.2 Å². The van der Waals surface area contributed by atoms with Gasteiger partial charge in [-0.15, -0.1) is 0 Å². The average molecular weight is 910 g/mol. The summed E-state index contributed by atoms with van der Waals surface area (Å²) in [5.41, 5.74) is 4.58. The second-order valence-electron chi connectivity index (χ2n) is 18.5. The minimum Gasteiger partial charge on any atom is -0.508 e. The van der Waals surface area contributed by atoms with Crippen molar-refractivity contribution in [2.45, 2.75) is 87.9 Å². The van der Waals surface area contributed by atoms with E-state index in [-0.39, 0.29) is 55.1 Å². The Labute approximate surface area is 391 Å². The molecule has 5 aromatic rings. The Hall–Kier alpha value is -5.94. The Balaban J connectivity index is 1.11. The molecule has 12 nitrogen and oxygen atoms in total. The lowest BCUT2D eigenvalue weighted by Crippen LogP contribution is -2.52. The number of rotatable bonds is 12. The molecule has 0 aromatic heterocycles. The first-order valence-corrected chi connectivity index (χ1v) is 23.7. The number of phenols is 3. The van der Waals surface area contributed by atoms with E-state index in [1.54, 1.807) is 49.6 Å². The van der Waals surface area contributed by atoms with Gasteiger partial charge in [-0.05, 0) is 122 Å². The van der Waals surface area contributed by atoms with Crippen molar-refractivity contribution >= 4 is 10.8 Å². The number of methoxy groups -OCH3 is 1. The first kappa shape index (κ1) is 44.9. The summed E-state index contributed by atoms with van der Waals surface area (Å²) in [6, 6.07) is 23.0. The summed E-state index contributed by atoms with van der Waals surface area (Å²) in [4.78, 5) is 0. The van der Waals surface area contributed by atoms with Gasteiger partial charge in [0.2, 0.25) is 0 Å². The SMILES string of the molecule is COCCC[C@@H]1Oc2c3cc(c4cc(O)ccc24)OCC#C[C@@H]2C=CCN[C@H]2[C@@H](CCO)O[C@@H]3[C@@H]1[C@H]1COc2c(Cc3cc(O)ccc3-c3cccc(O)c3)cc(OC3CCCC3)cc2[C@H]1O. The van der Waals surface area contributed by atoms with Crippen LogP contribution in [-0.2, 0) is 15.9 Å². The number of hydrogen-bond acceptors (Lipinski definition) is 12. The highest BCUT2D eigenvalue weighted by Gasteiger charge is 2.50. The third-order valence-electron chi connectivity index (χ3n) is 14.2. The Morgan fingerprint density at radius 2 is 1.66 bits per heavy atom. The molecule has 12 heteroatoms. The zero-order chi connectivity index (χ0) is 46.0. The zero-order valence-electron chi connectivity index (χ0n) is 37.7. The number of phenolic OH excluding ortho intramolecular Hbond substituents is 3. The number of nitrogens with one attached hydrogen (secondary N) is 1. The fraction of sp³-hybridized carbons (Fsp3) is 0.418. The summed E-state index contributed by atoms with van der Waals surface area (Å²) in [6.07, 6.45) is 7.41. The topological polar surface area (TPSA) is 169 Å². The zero-order valence-corrected chi connectivity index (χ0v) is 37.7. The van der Waals surface area contributed by atoms with Gasteiger partial charge in [-0.2, -0.15) is 0 Å². The second-order valence-corrected chi connectivity index (χ2v) is 18.5. The van der Waals surface area contributed by atoms with E-state index >= 15 is 0 Å². The minimum absolute atomic E-state index is 0.0402. The predicted molar refractivity (Wildman–Crippen MR) is 253 cm³/mol. The molecule has 10 rings (SSSR count). The molecule has 0 saturated heterocycles. The maximum Gasteiger partial charge on any atom is 0.149 e. The van der Waals surface area contributed by atoms with Crippen LogP contribution < -0.4 is 24.3 Å². The molecular weight excluding hydrogens is 851 g/mol. The first-order chi connectivity index (χ1) is 32.8. The highest BCUT2D eigenvalue weighted by molar-refractivity contribution is 5.96. The van der Waals surface area contributed by atoms with Gasteiger partial charge in [0.05, 0.1) is 43.0 Å². The van der Waals surface area contributed by atoms with Crippen LogP contribution in [0.3, 0.4) is 0 Å². The van der Waals surface area contributed by atoms with E-state index in [4.69, 9.17) is 28.4 Å². The Morgan fingerprint density at radius 1 is 0.821 bits per heavy atom. The predicted octanol–water partition coefficient (Wildman–Crippen LogP) is 8.43. The number of aliphatic hydroxyl groups is 2. The van der Waals surface area contributed by atoms with Crippen LogP contribution in [0.15, 0.2) is 91.0 Å². The molecule has 2 bridgehead atoms. The quantitative estimate of drug-likeness (QED) is 0.0402. The van der Waals surface area contributed by atoms with Gasteiger partial charge in [0, 0.05) is 72.6 Å². The fourth-order valence-electron chi connectivity index (χ4n) is 11.1. The van der Waals surface area contributed by atoms with E-state index in [0.29, 0.717) is 72.8 Å². The first-order valence-electron chi connectivity index (χ1n) is 23.7. The Morgan fingerprint density at radius 3 is 2.49 bits per heavy atom. The van der Waals surface area contributed by atoms with Crippen molar-refractivity contribution in [1.82, 2.24) is 5.32 Å². The highest BCUT2D eigenvalue weighted by atomic mass is 16.5. The maximum absolute atomic E-state index is 13.1. The summed E-state index contributed by atoms with van der Waals surface area (Å²) in [7, 11) is 1.68. The number of aromatic hydroxyl groups is 3. The number of benzene rings is 5. The molecule has 1 aliphatic carbocycles. The molecule has 350 valence electrons. The highest BCUT2D eigenvalue weighted by Crippen LogP contribution is 2.55. The van der Waals surface area contributed by atoms with E-state index < -0.39 is 36.3 Å². The van der Waals surface area contributed by atoms with Crippen molar-refractivity contribution in [1.29, 1.82) is 0 Å². The lowest BCUT2D eigenvalue weighted by Gasteiger charge is -2.48. The van der Waals surface area contributed by atoms with E-state index in [1.165, 1.54) is 0 Å². The van der Waals surface area contributed by atoms with Gasteiger partial charge in [0.25, 0.3) is 0 Å².